The number of thiazole rings is 1. The van der Waals surface area contributed by atoms with Crippen molar-refractivity contribution < 1.29 is 13.2 Å². The minimum atomic E-state index is -1.49. The molecule has 2 rings (SSSR count). The summed E-state index contributed by atoms with van der Waals surface area (Å²) < 4.78 is 38.8. The summed E-state index contributed by atoms with van der Waals surface area (Å²) in [5.41, 5.74) is -0.131. The average molecular weight is 244 g/mol. The van der Waals surface area contributed by atoms with E-state index in [2.05, 4.69) is 10.3 Å². The largest absolute Gasteiger partial charge is 0.329 e. The number of hydrogen-bond acceptors (Lipinski definition) is 3. The topological polar surface area (TPSA) is 24.9 Å². The zero-order chi connectivity index (χ0) is 11.7. The van der Waals surface area contributed by atoms with Crippen molar-refractivity contribution in [2.24, 2.45) is 0 Å². The number of aryl methyl sites for hydroxylation is 1. The third-order valence-electron chi connectivity index (χ3n) is 1.90. The first kappa shape index (κ1) is 10.9. The predicted molar refractivity (Wildman–Crippen MR) is 56.4 cm³/mol. The highest BCUT2D eigenvalue weighted by Gasteiger charge is 2.13. The maximum atomic E-state index is 13.3. The van der Waals surface area contributed by atoms with Gasteiger partial charge in [0.25, 0.3) is 0 Å². The molecule has 0 aliphatic rings. The molecule has 16 heavy (non-hydrogen) atoms. The maximum Gasteiger partial charge on any atom is 0.196 e. The van der Waals surface area contributed by atoms with E-state index in [-0.39, 0.29) is 5.69 Å². The van der Waals surface area contributed by atoms with E-state index in [4.69, 9.17) is 0 Å². The lowest BCUT2D eigenvalue weighted by molar-refractivity contribution is 0.449. The molecule has 0 atom stereocenters. The highest BCUT2D eigenvalue weighted by molar-refractivity contribution is 7.15. The Labute approximate surface area is 93.8 Å². The second kappa shape index (κ2) is 4.13. The van der Waals surface area contributed by atoms with Gasteiger partial charge >= 0.3 is 0 Å². The van der Waals surface area contributed by atoms with Crippen LogP contribution in [0.3, 0.4) is 0 Å². The van der Waals surface area contributed by atoms with Gasteiger partial charge in [-0.25, -0.2) is 18.2 Å². The second-order valence-corrected chi connectivity index (χ2v) is 4.36. The Morgan fingerprint density at radius 2 is 1.94 bits per heavy atom. The quantitative estimate of drug-likeness (QED) is 0.816. The summed E-state index contributed by atoms with van der Waals surface area (Å²) in [5, 5.41) is 3.02. The molecule has 2 nitrogen and oxygen atoms in total. The van der Waals surface area contributed by atoms with Gasteiger partial charge in [-0.05, 0) is 19.1 Å². The van der Waals surface area contributed by atoms with Gasteiger partial charge in [-0.1, -0.05) is 0 Å². The second-order valence-electron chi connectivity index (χ2n) is 3.12. The van der Waals surface area contributed by atoms with Crippen LogP contribution in [-0.4, -0.2) is 4.98 Å². The van der Waals surface area contributed by atoms with Gasteiger partial charge in [0.05, 0.1) is 5.69 Å². The molecule has 0 unspecified atom stereocenters. The molecule has 0 amide bonds. The molecule has 0 bridgehead atoms. The van der Waals surface area contributed by atoms with Crippen LogP contribution in [0, 0.1) is 24.4 Å². The first-order chi connectivity index (χ1) is 7.58. The summed E-state index contributed by atoms with van der Waals surface area (Å²) in [5.74, 6) is -3.94. The zero-order valence-electron chi connectivity index (χ0n) is 8.22. The molecule has 0 radical (unpaired) electrons. The molecule has 1 N–H and O–H groups in total. The van der Waals surface area contributed by atoms with Gasteiger partial charge in [0.2, 0.25) is 0 Å². The minimum absolute atomic E-state index is 0.131. The van der Waals surface area contributed by atoms with Crippen molar-refractivity contribution in [3.63, 3.8) is 0 Å². The molecule has 1 aromatic carbocycles. The van der Waals surface area contributed by atoms with E-state index < -0.39 is 17.5 Å². The van der Waals surface area contributed by atoms with Gasteiger partial charge in [-0.15, -0.1) is 11.3 Å². The highest BCUT2D eigenvalue weighted by atomic mass is 32.1. The Balaban J connectivity index is 2.32. The summed E-state index contributed by atoms with van der Waals surface area (Å²) in [4.78, 5) is 4.86. The van der Waals surface area contributed by atoms with Crippen molar-refractivity contribution in [1.82, 2.24) is 4.98 Å². The summed E-state index contributed by atoms with van der Waals surface area (Å²) in [6, 6.07) is 1.99. The molecule has 84 valence electrons. The normalized spacial score (nSPS) is 10.5. The Kier molecular flexibility index (Phi) is 2.82. The van der Waals surface area contributed by atoms with Crippen LogP contribution in [0.1, 0.15) is 4.88 Å². The molecule has 1 heterocycles. The molecule has 0 saturated carbocycles. The number of benzene rings is 1. The third-order valence-corrected chi connectivity index (χ3v) is 2.73. The number of hydrogen-bond donors (Lipinski definition) is 1. The number of aromatic nitrogens is 1. The van der Waals surface area contributed by atoms with E-state index in [1.807, 2.05) is 6.92 Å². The molecule has 1 aromatic heterocycles. The van der Waals surface area contributed by atoms with Crippen LogP contribution in [0.2, 0.25) is 0 Å². The standard InChI is InChI=1S/C10H7F3N2S/c1-5-4-14-10(16-5)15-7-3-2-6(11)8(12)9(7)13/h2-4H,1H3,(H,14,15). The van der Waals surface area contributed by atoms with E-state index in [1.165, 1.54) is 11.3 Å². The molecular weight excluding hydrogens is 237 g/mol. The van der Waals surface area contributed by atoms with Crippen LogP contribution in [0.4, 0.5) is 24.0 Å². The zero-order valence-corrected chi connectivity index (χ0v) is 9.04. The number of rotatable bonds is 2. The van der Waals surface area contributed by atoms with E-state index in [0.29, 0.717) is 5.13 Å². The van der Waals surface area contributed by atoms with Crippen molar-refractivity contribution in [2.45, 2.75) is 6.92 Å². The highest BCUT2D eigenvalue weighted by Crippen LogP contribution is 2.25. The van der Waals surface area contributed by atoms with Crippen molar-refractivity contribution in [2.75, 3.05) is 5.32 Å². The van der Waals surface area contributed by atoms with E-state index in [1.54, 1.807) is 6.20 Å². The Morgan fingerprint density at radius 1 is 1.19 bits per heavy atom. The fraction of sp³-hybridized carbons (Fsp3) is 0.100. The number of anilines is 2. The van der Waals surface area contributed by atoms with Gasteiger partial charge in [-0.3, -0.25) is 0 Å². The summed E-state index contributed by atoms with van der Waals surface area (Å²) >= 11 is 1.30. The fourth-order valence-electron chi connectivity index (χ4n) is 1.15. The van der Waals surface area contributed by atoms with Gasteiger partial charge in [0, 0.05) is 11.1 Å². The Hall–Kier alpha value is -1.56. The first-order valence-corrected chi connectivity index (χ1v) is 5.22. The van der Waals surface area contributed by atoms with Crippen LogP contribution in [0.25, 0.3) is 0 Å². The molecule has 0 spiro atoms. The summed E-state index contributed by atoms with van der Waals surface area (Å²) in [7, 11) is 0. The molecule has 0 aliphatic carbocycles. The van der Waals surface area contributed by atoms with Gasteiger partial charge in [-0.2, -0.15) is 0 Å². The molecular formula is C10H7F3N2S. The molecule has 0 saturated heterocycles. The van der Waals surface area contributed by atoms with Crippen molar-refractivity contribution in [3.8, 4) is 0 Å². The smallest absolute Gasteiger partial charge is 0.196 e. The van der Waals surface area contributed by atoms with Crippen LogP contribution >= 0.6 is 11.3 Å². The Bertz CT molecular complexity index is 525. The van der Waals surface area contributed by atoms with Gasteiger partial charge in [0.15, 0.2) is 22.6 Å². The molecule has 0 fully saturated rings. The fourth-order valence-corrected chi connectivity index (χ4v) is 1.83. The summed E-state index contributed by atoms with van der Waals surface area (Å²) in [6.45, 7) is 1.84. The average Bonchev–Trinajstić information content (AvgIpc) is 2.65. The van der Waals surface area contributed by atoms with E-state index >= 15 is 0 Å². The minimum Gasteiger partial charge on any atom is -0.329 e. The van der Waals surface area contributed by atoms with Crippen LogP contribution in [0.5, 0.6) is 0 Å². The van der Waals surface area contributed by atoms with Gasteiger partial charge < -0.3 is 5.32 Å². The third kappa shape index (κ3) is 2.01. The number of nitrogens with zero attached hydrogens (tertiary/aromatic N) is 1. The SMILES string of the molecule is Cc1cnc(Nc2ccc(F)c(F)c2F)s1. The van der Waals surface area contributed by atoms with Crippen LogP contribution in [0.15, 0.2) is 18.3 Å². The Morgan fingerprint density at radius 3 is 2.56 bits per heavy atom. The van der Waals surface area contributed by atoms with Crippen LogP contribution < -0.4 is 5.32 Å². The number of nitrogens with one attached hydrogen (secondary N) is 1. The maximum absolute atomic E-state index is 13.3. The lowest BCUT2D eigenvalue weighted by atomic mass is 10.3. The first-order valence-electron chi connectivity index (χ1n) is 4.41. The van der Waals surface area contributed by atoms with Crippen molar-refractivity contribution in [3.05, 3.63) is 40.7 Å². The number of halogens is 3. The lowest BCUT2D eigenvalue weighted by Crippen LogP contribution is -1.98. The monoisotopic (exact) mass is 244 g/mol. The van der Waals surface area contributed by atoms with Crippen molar-refractivity contribution in [1.29, 1.82) is 0 Å². The molecule has 0 aliphatic heterocycles. The summed E-state index contributed by atoms with van der Waals surface area (Å²) in [6.07, 6.45) is 1.60. The molecule has 6 heteroatoms. The van der Waals surface area contributed by atoms with Crippen LogP contribution in [-0.2, 0) is 0 Å². The van der Waals surface area contributed by atoms with E-state index in [9.17, 15) is 13.2 Å². The van der Waals surface area contributed by atoms with Crippen molar-refractivity contribution >= 4 is 22.2 Å². The lowest BCUT2D eigenvalue weighted by Gasteiger charge is -2.04. The predicted octanol–water partition coefficient (Wildman–Crippen LogP) is 3.61. The van der Waals surface area contributed by atoms with E-state index in [0.717, 1.165) is 17.0 Å². The molecule has 2 aromatic rings. The van der Waals surface area contributed by atoms with Gasteiger partial charge in [0.1, 0.15) is 0 Å².